The zero-order valence-electron chi connectivity index (χ0n) is 12.8. The summed E-state index contributed by atoms with van der Waals surface area (Å²) >= 11 is 1.61. The number of anilines is 2. The predicted molar refractivity (Wildman–Crippen MR) is 91.0 cm³/mol. The standard InChI is InChI=1S/C15H18N6S/c1-20(2)13-12-7-5-4-6-11(12)10(8-17-13)9-22-15-19-18-14(16)21(15)3/h4-8H,9H2,1-3H3,(H2,16,18). The Labute approximate surface area is 133 Å². The third-order valence-corrected chi connectivity index (χ3v) is 4.57. The molecular weight excluding hydrogens is 296 g/mol. The Morgan fingerprint density at radius 3 is 2.55 bits per heavy atom. The van der Waals surface area contributed by atoms with Crippen LogP contribution < -0.4 is 10.6 Å². The zero-order valence-corrected chi connectivity index (χ0v) is 13.6. The molecule has 0 amide bonds. The van der Waals surface area contributed by atoms with Gasteiger partial charge in [0.05, 0.1) is 0 Å². The number of hydrogen-bond donors (Lipinski definition) is 1. The van der Waals surface area contributed by atoms with E-state index in [1.165, 1.54) is 10.9 Å². The number of thioether (sulfide) groups is 1. The Hall–Kier alpha value is -2.28. The van der Waals surface area contributed by atoms with Gasteiger partial charge < -0.3 is 10.6 Å². The second kappa shape index (κ2) is 5.84. The Morgan fingerprint density at radius 2 is 1.91 bits per heavy atom. The van der Waals surface area contributed by atoms with E-state index in [2.05, 4.69) is 33.4 Å². The van der Waals surface area contributed by atoms with Crippen LogP contribution in [0.25, 0.3) is 10.8 Å². The molecule has 0 fully saturated rings. The zero-order chi connectivity index (χ0) is 15.7. The minimum absolute atomic E-state index is 0.424. The van der Waals surface area contributed by atoms with Gasteiger partial charge in [0, 0.05) is 38.5 Å². The minimum Gasteiger partial charge on any atom is -0.368 e. The number of nitrogen functional groups attached to an aromatic ring is 1. The topological polar surface area (TPSA) is 72.9 Å². The van der Waals surface area contributed by atoms with Gasteiger partial charge in [-0.15, -0.1) is 10.2 Å². The van der Waals surface area contributed by atoms with E-state index in [9.17, 15) is 0 Å². The first kappa shape index (κ1) is 14.6. The lowest BCUT2D eigenvalue weighted by molar-refractivity contribution is 0.796. The lowest BCUT2D eigenvalue weighted by atomic mass is 10.1. The van der Waals surface area contributed by atoms with E-state index in [0.29, 0.717) is 5.95 Å². The van der Waals surface area contributed by atoms with Crippen molar-refractivity contribution >= 4 is 34.3 Å². The van der Waals surface area contributed by atoms with Gasteiger partial charge in [-0.25, -0.2) is 4.98 Å². The summed E-state index contributed by atoms with van der Waals surface area (Å²) in [5.41, 5.74) is 6.89. The van der Waals surface area contributed by atoms with Crippen molar-refractivity contribution in [2.24, 2.45) is 7.05 Å². The van der Waals surface area contributed by atoms with Crippen molar-refractivity contribution in [3.8, 4) is 0 Å². The number of pyridine rings is 1. The molecule has 0 saturated heterocycles. The van der Waals surface area contributed by atoms with Crippen LogP contribution in [-0.4, -0.2) is 33.8 Å². The molecule has 3 aromatic rings. The quantitative estimate of drug-likeness (QED) is 0.745. The number of aromatic nitrogens is 4. The first-order chi connectivity index (χ1) is 10.6. The molecule has 7 heteroatoms. The number of hydrogen-bond acceptors (Lipinski definition) is 6. The van der Waals surface area contributed by atoms with E-state index in [0.717, 1.165) is 22.1 Å². The van der Waals surface area contributed by atoms with Gasteiger partial charge in [-0.05, 0) is 10.9 Å². The highest BCUT2D eigenvalue weighted by Crippen LogP contribution is 2.30. The van der Waals surface area contributed by atoms with E-state index in [1.807, 2.05) is 38.3 Å². The number of rotatable bonds is 4. The third kappa shape index (κ3) is 2.59. The maximum atomic E-state index is 5.71. The van der Waals surface area contributed by atoms with Crippen molar-refractivity contribution in [2.75, 3.05) is 24.7 Å². The van der Waals surface area contributed by atoms with Gasteiger partial charge in [-0.2, -0.15) is 0 Å². The highest BCUT2D eigenvalue weighted by molar-refractivity contribution is 7.98. The minimum atomic E-state index is 0.424. The molecule has 1 aromatic carbocycles. The molecule has 114 valence electrons. The summed E-state index contributed by atoms with van der Waals surface area (Å²) in [6.45, 7) is 0. The van der Waals surface area contributed by atoms with Crippen LogP contribution in [0.4, 0.5) is 11.8 Å². The fourth-order valence-electron chi connectivity index (χ4n) is 2.30. The molecule has 0 bridgehead atoms. The molecule has 0 aliphatic heterocycles. The molecule has 2 heterocycles. The van der Waals surface area contributed by atoms with E-state index < -0.39 is 0 Å². The molecule has 0 unspecified atom stereocenters. The second-order valence-corrected chi connectivity index (χ2v) is 6.18. The molecule has 22 heavy (non-hydrogen) atoms. The third-order valence-electron chi connectivity index (χ3n) is 3.51. The molecule has 2 aromatic heterocycles. The maximum Gasteiger partial charge on any atom is 0.222 e. The molecule has 0 spiro atoms. The summed E-state index contributed by atoms with van der Waals surface area (Å²) in [4.78, 5) is 6.62. The normalized spacial score (nSPS) is 11.0. The predicted octanol–water partition coefficient (Wildman–Crippen LogP) is 2.30. The monoisotopic (exact) mass is 314 g/mol. The average Bonchev–Trinajstić information content (AvgIpc) is 2.84. The van der Waals surface area contributed by atoms with Crippen molar-refractivity contribution in [1.29, 1.82) is 0 Å². The summed E-state index contributed by atoms with van der Waals surface area (Å²) in [6, 6.07) is 8.32. The lowest BCUT2D eigenvalue weighted by Gasteiger charge is -2.16. The summed E-state index contributed by atoms with van der Waals surface area (Å²) in [7, 11) is 5.88. The maximum absolute atomic E-state index is 5.71. The van der Waals surface area contributed by atoms with Crippen molar-refractivity contribution in [3.05, 3.63) is 36.0 Å². The molecule has 3 rings (SSSR count). The van der Waals surface area contributed by atoms with E-state index in [1.54, 1.807) is 16.3 Å². The number of fused-ring (bicyclic) bond motifs is 1. The smallest absolute Gasteiger partial charge is 0.222 e. The van der Waals surface area contributed by atoms with Gasteiger partial charge in [-0.1, -0.05) is 36.0 Å². The summed E-state index contributed by atoms with van der Waals surface area (Å²) < 4.78 is 1.79. The number of benzene rings is 1. The Bertz CT molecular complexity index is 811. The molecular formula is C15H18N6S. The van der Waals surface area contributed by atoms with Crippen LogP contribution in [0.2, 0.25) is 0 Å². The van der Waals surface area contributed by atoms with Gasteiger partial charge in [0.25, 0.3) is 0 Å². The van der Waals surface area contributed by atoms with Crippen LogP contribution in [0.5, 0.6) is 0 Å². The van der Waals surface area contributed by atoms with Gasteiger partial charge in [0.2, 0.25) is 5.95 Å². The second-order valence-electron chi connectivity index (χ2n) is 5.24. The van der Waals surface area contributed by atoms with Gasteiger partial charge in [-0.3, -0.25) is 4.57 Å². The van der Waals surface area contributed by atoms with Gasteiger partial charge in [0.15, 0.2) is 5.16 Å². The largest absolute Gasteiger partial charge is 0.368 e. The summed E-state index contributed by atoms with van der Waals surface area (Å²) in [6.07, 6.45) is 1.93. The molecule has 0 saturated carbocycles. The average molecular weight is 314 g/mol. The molecule has 2 N–H and O–H groups in total. The van der Waals surface area contributed by atoms with Crippen molar-refractivity contribution in [2.45, 2.75) is 10.9 Å². The van der Waals surface area contributed by atoms with Crippen LogP contribution >= 0.6 is 11.8 Å². The van der Waals surface area contributed by atoms with Crippen LogP contribution in [0, 0.1) is 0 Å². The number of nitrogens with zero attached hydrogens (tertiary/aromatic N) is 5. The highest BCUT2D eigenvalue weighted by atomic mass is 32.2. The van der Waals surface area contributed by atoms with Crippen molar-refractivity contribution in [3.63, 3.8) is 0 Å². The van der Waals surface area contributed by atoms with Gasteiger partial charge in [0.1, 0.15) is 5.82 Å². The van der Waals surface area contributed by atoms with Crippen LogP contribution in [-0.2, 0) is 12.8 Å². The Balaban J connectivity index is 1.95. The molecule has 0 radical (unpaired) electrons. The van der Waals surface area contributed by atoms with E-state index in [4.69, 9.17) is 5.73 Å². The first-order valence-corrected chi connectivity index (χ1v) is 7.88. The molecule has 0 aliphatic carbocycles. The summed E-state index contributed by atoms with van der Waals surface area (Å²) in [5.74, 6) is 2.17. The van der Waals surface area contributed by atoms with Crippen LogP contribution in [0.1, 0.15) is 5.56 Å². The van der Waals surface area contributed by atoms with Crippen LogP contribution in [0.15, 0.2) is 35.6 Å². The van der Waals surface area contributed by atoms with E-state index >= 15 is 0 Å². The van der Waals surface area contributed by atoms with Crippen molar-refractivity contribution in [1.82, 2.24) is 19.7 Å². The lowest BCUT2D eigenvalue weighted by Crippen LogP contribution is -2.11. The van der Waals surface area contributed by atoms with Crippen molar-refractivity contribution < 1.29 is 0 Å². The number of nitrogens with two attached hydrogens (primary N) is 1. The van der Waals surface area contributed by atoms with Crippen LogP contribution in [0.3, 0.4) is 0 Å². The first-order valence-electron chi connectivity index (χ1n) is 6.89. The van der Waals surface area contributed by atoms with E-state index in [-0.39, 0.29) is 0 Å². The Kier molecular flexibility index (Phi) is 3.89. The van der Waals surface area contributed by atoms with Gasteiger partial charge >= 0.3 is 0 Å². The Morgan fingerprint density at radius 1 is 1.18 bits per heavy atom. The molecule has 0 aliphatic rings. The molecule has 0 atom stereocenters. The fraction of sp³-hybridized carbons (Fsp3) is 0.267. The molecule has 6 nitrogen and oxygen atoms in total. The fourth-order valence-corrected chi connectivity index (χ4v) is 3.20. The summed E-state index contributed by atoms with van der Waals surface area (Å²) in [5, 5.41) is 11.1. The highest BCUT2D eigenvalue weighted by Gasteiger charge is 2.11. The SMILES string of the molecule is CN(C)c1ncc(CSc2nnc(N)n2C)c2ccccc12.